The Balaban J connectivity index is 1.50. The van der Waals surface area contributed by atoms with E-state index in [-0.39, 0.29) is 18.5 Å². The normalized spacial score (nSPS) is 11.9. The largest absolute Gasteiger partial charge is 0.459 e. The summed E-state index contributed by atoms with van der Waals surface area (Å²) in [6.45, 7) is 0.590. The topological polar surface area (TPSA) is 81.0 Å². The molecular formula is C21H18N2O5. The highest BCUT2D eigenvalue weighted by molar-refractivity contribution is 6.07. The molecule has 4 rings (SSSR count). The second-order valence-electron chi connectivity index (χ2n) is 6.33. The van der Waals surface area contributed by atoms with Gasteiger partial charge in [-0.1, -0.05) is 18.2 Å². The van der Waals surface area contributed by atoms with Crippen LogP contribution in [0.1, 0.15) is 26.5 Å². The van der Waals surface area contributed by atoms with E-state index >= 15 is 0 Å². The number of anilines is 1. The summed E-state index contributed by atoms with van der Waals surface area (Å²) < 4.78 is 15.8. The van der Waals surface area contributed by atoms with Gasteiger partial charge >= 0.3 is 0 Å². The van der Waals surface area contributed by atoms with Crippen molar-refractivity contribution in [3.8, 4) is 11.5 Å². The van der Waals surface area contributed by atoms with Crippen LogP contribution in [0.15, 0.2) is 65.3 Å². The fourth-order valence-corrected chi connectivity index (χ4v) is 2.96. The van der Waals surface area contributed by atoms with Gasteiger partial charge in [0.25, 0.3) is 11.8 Å². The van der Waals surface area contributed by atoms with Crippen molar-refractivity contribution >= 4 is 17.5 Å². The minimum Gasteiger partial charge on any atom is -0.459 e. The first-order chi connectivity index (χ1) is 13.6. The number of nitrogens with one attached hydrogen (secondary N) is 1. The predicted molar refractivity (Wildman–Crippen MR) is 101 cm³/mol. The third-order valence-electron chi connectivity index (χ3n) is 4.35. The molecule has 2 heterocycles. The van der Waals surface area contributed by atoms with Gasteiger partial charge in [0.1, 0.15) is 0 Å². The summed E-state index contributed by atoms with van der Waals surface area (Å²) >= 11 is 0. The summed E-state index contributed by atoms with van der Waals surface area (Å²) in [5.41, 5.74) is 1.73. The van der Waals surface area contributed by atoms with Gasteiger partial charge in [0.2, 0.25) is 6.79 Å². The van der Waals surface area contributed by atoms with Gasteiger partial charge in [-0.3, -0.25) is 9.59 Å². The fraction of sp³-hybridized carbons (Fsp3) is 0.143. The number of benzene rings is 2. The first-order valence-electron chi connectivity index (χ1n) is 8.70. The van der Waals surface area contributed by atoms with Crippen molar-refractivity contribution in [2.45, 2.75) is 6.54 Å². The van der Waals surface area contributed by atoms with Crippen LogP contribution < -0.4 is 14.8 Å². The average Bonchev–Trinajstić information content (AvgIpc) is 3.39. The van der Waals surface area contributed by atoms with E-state index in [1.807, 2.05) is 18.2 Å². The van der Waals surface area contributed by atoms with Gasteiger partial charge in [-0.05, 0) is 42.0 Å². The van der Waals surface area contributed by atoms with E-state index in [0.29, 0.717) is 29.3 Å². The second-order valence-corrected chi connectivity index (χ2v) is 6.33. The number of nitrogens with zero attached hydrogens (tertiary/aromatic N) is 1. The number of ether oxygens (including phenoxy) is 2. The standard InChI is InChI=1S/C21H18N2O5/c1-23(12-14-8-9-17-19(11-14)28-13-27-17)21(25)15-5-2-3-6-16(15)22-20(24)18-7-4-10-26-18/h2-11H,12-13H2,1H3,(H,22,24). The molecule has 0 atom stereocenters. The maximum absolute atomic E-state index is 13.0. The number of amides is 2. The molecule has 0 saturated heterocycles. The summed E-state index contributed by atoms with van der Waals surface area (Å²) in [5.74, 6) is 0.917. The molecule has 0 unspecified atom stereocenters. The summed E-state index contributed by atoms with van der Waals surface area (Å²) in [5, 5.41) is 2.73. The smallest absolute Gasteiger partial charge is 0.291 e. The van der Waals surface area contributed by atoms with Crippen LogP contribution in [0.25, 0.3) is 0 Å². The molecule has 2 aromatic carbocycles. The van der Waals surface area contributed by atoms with Crippen molar-refractivity contribution in [3.63, 3.8) is 0 Å². The Morgan fingerprint density at radius 2 is 1.86 bits per heavy atom. The summed E-state index contributed by atoms with van der Waals surface area (Å²) in [7, 11) is 1.71. The highest BCUT2D eigenvalue weighted by Crippen LogP contribution is 2.33. The van der Waals surface area contributed by atoms with Gasteiger partial charge in [-0.15, -0.1) is 0 Å². The van der Waals surface area contributed by atoms with Crippen LogP contribution in [0.2, 0.25) is 0 Å². The third-order valence-corrected chi connectivity index (χ3v) is 4.35. The zero-order valence-electron chi connectivity index (χ0n) is 15.2. The third kappa shape index (κ3) is 3.55. The number of hydrogen-bond donors (Lipinski definition) is 1. The minimum absolute atomic E-state index is 0.177. The fourth-order valence-electron chi connectivity index (χ4n) is 2.96. The van der Waals surface area contributed by atoms with Crippen LogP contribution in [0.4, 0.5) is 5.69 Å². The highest BCUT2D eigenvalue weighted by atomic mass is 16.7. The van der Waals surface area contributed by atoms with E-state index in [1.165, 1.54) is 6.26 Å². The van der Waals surface area contributed by atoms with Crippen molar-refractivity contribution in [1.29, 1.82) is 0 Å². The Morgan fingerprint density at radius 3 is 2.68 bits per heavy atom. The molecule has 0 aliphatic carbocycles. The number of hydrogen-bond acceptors (Lipinski definition) is 5. The Hall–Kier alpha value is -3.74. The maximum atomic E-state index is 13.0. The molecule has 0 fully saturated rings. The van der Waals surface area contributed by atoms with E-state index in [0.717, 1.165) is 5.56 Å². The van der Waals surface area contributed by atoms with Gasteiger partial charge in [0.05, 0.1) is 17.5 Å². The molecule has 1 N–H and O–H groups in total. The van der Waals surface area contributed by atoms with E-state index < -0.39 is 5.91 Å². The Morgan fingerprint density at radius 1 is 1.04 bits per heavy atom. The van der Waals surface area contributed by atoms with Gasteiger partial charge in [0.15, 0.2) is 17.3 Å². The Labute approximate surface area is 161 Å². The van der Waals surface area contributed by atoms with Gasteiger partial charge < -0.3 is 24.1 Å². The Kier molecular flexibility index (Phi) is 4.72. The van der Waals surface area contributed by atoms with Crippen LogP contribution >= 0.6 is 0 Å². The second kappa shape index (κ2) is 7.48. The number of para-hydroxylation sites is 1. The number of fused-ring (bicyclic) bond motifs is 1. The predicted octanol–water partition coefficient (Wildman–Crippen LogP) is 3.53. The zero-order valence-corrected chi connectivity index (χ0v) is 15.2. The first kappa shape index (κ1) is 17.7. The average molecular weight is 378 g/mol. The molecule has 0 radical (unpaired) electrons. The molecule has 2 amide bonds. The quantitative estimate of drug-likeness (QED) is 0.735. The van der Waals surface area contributed by atoms with Crippen molar-refractivity contribution in [1.82, 2.24) is 4.90 Å². The lowest BCUT2D eigenvalue weighted by Crippen LogP contribution is -2.27. The molecule has 1 aliphatic heterocycles. The molecule has 7 heteroatoms. The monoisotopic (exact) mass is 378 g/mol. The maximum Gasteiger partial charge on any atom is 0.291 e. The van der Waals surface area contributed by atoms with E-state index in [4.69, 9.17) is 13.9 Å². The molecule has 3 aromatic rings. The molecular weight excluding hydrogens is 360 g/mol. The summed E-state index contributed by atoms with van der Waals surface area (Å²) in [4.78, 5) is 26.8. The summed E-state index contributed by atoms with van der Waals surface area (Å²) in [6, 6.07) is 15.6. The van der Waals surface area contributed by atoms with Gasteiger partial charge in [-0.2, -0.15) is 0 Å². The first-order valence-corrected chi connectivity index (χ1v) is 8.70. The lowest BCUT2D eigenvalue weighted by Gasteiger charge is -2.19. The van der Waals surface area contributed by atoms with Gasteiger partial charge in [0, 0.05) is 13.6 Å². The van der Waals surface area contributed by atoms with Crippen molar-refractivity contribution in [3.05, 3.63) is 77.7 Å². The molecule has 1 aliphatic rings. The highest BCUT2D eigenvalue weighted by Gasteiger charge is 2.20. The van der Waals surface area contributed by atoms with Crippen molar-refractivity contribution in [2.75, 3.05) is 19.2 Å². The molecule has 7 nitrogen and oxygen atoms in total. The Bertz CT molecular complexity index is 1010. The number of rotatable bonds is 5. The van der Waals surface area contributed by atoms with E-state index in [2.05, 4.69) is 5.32 Å². The summed E-state index contributed by atoms with van der Waals surface area (Å²) in [6.07, 6.45) is 1.42. The van der Waals surface area contributed by atoms with Crippen LogP contribution in [-0.2, 0) is 6.54 Å². The molecule has 142 valence electrons. The number of carbonyl (C=O) groups excluding carboxylic acids is 2. The number of carbonyl (C=O) groups is 2. The van der Waals surface area contributed by atoms with Crippen LogP contribution in [0.5, 0.6) is 11.5 Å². The minimum atomic E-state index is -0.413. The van der Waals surface area contributed by atoms with E-state index in [1.54, 1.807) is 48.3 Å². The van der Waals surface area contributed by atoms with Gasteiger partial charge in [-0.25, -0.2) is 0 Å². The van der Waals surface area contributed by atoms with Crippen LogP contribution in [0, 0.1) is 0 Å². The molecule has 1 aromatic heterocycles. The lowest BCUT2D eigenvalue weighted by molar-refractivity contribution is 0.0786. The van der Waals surface area contributed by atoms with Crippen LogP contribution in [0.3, 0.4) is 0 Å². The number of furan rings is 1. The SMILES string of the molecule is CN(Cc1ccc2c(c1)OCO2)C(=O)c1ccccc1NC(=O)c1ccco1. The lowest BCUT2D eigenvalue weighted by atomic mass is 10.1. The zero-order chi connectivity index (χ0) is 19.5. The molecule has 0 spiro atoms. The van der Waals surface area contributed by atoms with Crippen molar-refractivity contribution in [2.24, 2.45) is 0 Å². The van der Waals surface area contributed by atoms with E-state index in [9.17, 15) is 9.59 Å². The molecule has 0 saturated carbocycles. The van der Waals surface area contributed by atoms with Crippen molar-refractivity contribution < 1.29 is 23.5 Å². The molecule has 28 heavy (non-hydrogen) atoms. The molecule has 0 bridgehead atoms. The van der Waals surface area contributed by atoms with Crippen LogP contribution in [-0.4, -0.2) is 30.6 Å².